The Morgan fingerprint density at radius 1 is 1.00 bits per heavy atom. The van der Waals surface area contributed by atoms with Crippen LogP contribution in [0.25, 0.3) is 0 Å². The van der Waals surface area contributed by atoms with Gasteiger partial charge in [0, 0.05) is 5.02 Å². The summed E-state index contributed by atoms with van der Waals surface area (Å²) >= 11 is 18.1. The first-order chi connectivity index (χ1) is 14.5. The van der Waals surface area contributed by atoms with Crippen LogP contribution >= 0.6 is 34.8 Å². The second-order valence-electron chi connectivity index (χ2n) is 6.16. The lowest BCUT2D eigenvalue weighted by molar-refractivity contribution is 0.0600. The molecule has 3 aromatic rings. The molecule has 0 unspecified atom stereocenters. The van der Waals surface area contributed by atoms with E-state index in [4.69, 9.17) is 39.5 Å². The Kier molecular flexibility index (Phi) is 7.57. The number of hydrazone groups is 1. The number of hydrogen-bond acceptors (Lipinski definition) is 5. The summed E-state index contributed by atoms with van der Waals surface area (Å²) in [5.41, 5.74) is 5.60. The summed E-state index contributed by atoms with van der Waals surface area (Å²) < 4.78 is 10.4. The highest BCUT2D eigenvalue weighted by atomic mass is 35.5. The molecule has 3 rings (SSSR count). The molecule has 30 heavy (non-hydrogen) atoms. The second-order valence-corrected chi connectivity index (χ2v) is 7.41. The Balaban J connectivity index is 1.55. The summed E-state index contributed by atoms with van der Waals surface area (Å²) in [6.45, 7) is 0.379. The van der Waals surface area contributed by atoms with Crippen LogP contribution in [-0.4, -0.2) is 19.3 Å². The van der Waals surface area contributed by atoms with Gasteiger partial charge in [-0.3, -0.25) is 5.43 Å². The van der Waals surface area contributed by atoms with Gasteiger partial charge in [0.1, 0.15) is 12.4 Å². The third kappa shape index (κ3) is 5.89. The fourth-order valence-corrected chi connectivity index (χ4v) is 3.39. The number of ether oxygens (including phenoxy) is 2. The van der Waals surface area contributed by atoms with E-state index in [-0.39, 0.29) is 5.97 Å². The number of nitrogens with zero attached hydrogens (tertiary/aromatic N) is 1. The van der Waals surface area contributed by atoms with Crippen LogP contribution in [0.2, 0.25) is 15.1 Å². The number of nitrogens with one attached hydrogen (secondary N) is 1. The minimum Gasteiger partial charge on any atom is -0.489 e. The van der Waals surface area contributed by atoms with E-state index < -0.39 is 0 Å². The molecule has 0 fully saturated rings. The molecule has 0 aromatic heterocycles. The molecule has 0 saturated heterocycles. The monoisotopic (exact) mass is 462 g/mol. The predicted octanol–water partition coefficient (Wildman–Crippen LogP) is 6.46. The van der Waals surface area contributed by atoms with Crippen LogP contribution in [0.15, 0.2) is 65.8 Å². The highest BCUT2D eigenvalue weighted by Crippen LogP contribution is 2.33. The molecule has 5 nitrogen and oxygen atoms in total. The molecule has 0 spiro atoms. The van der Waals surface area contributed by atoms with Crippen molar-refractivity contribution in [2.75, 3.05) is 12.5 Å². The molecule has 0 aliphatic heterocycles. The molecule has 0 amide bonds. The molecule has 3 aromatic carbocycles. The van der Waals surface area contributed by atoms with Crippen LogP contribution in [-0.2, 0) is 11.3 Å². The molecule has 0 radical (unpaired) electrons. The van der Waals surface area contributed by atoms with Crippen LogP contribution in [0.3, 0.4) is 0 Å². The standard InChI is InChI=1S/C22H17Cl3N2O3/c1-29-22(28)16-6-2-15(3-7-16)13-30-18-8-4-14(5-9-18)12-26-27-21-19(24)10-17(23)11-20(21)25/h2-12,27H,13H2,1H3/b26-12+. The van der Waals surface area contributed by atoms with Crippen molar-refractivity contribution < 1.29 is 14.3 Å². The van der Waals surface area contributed by atoms with E-state index in [1.807, 2.05) is 36.4 Å². The molecular weight excluding hydrogens is 447 g/mol. The highest BCUT2D eigenvalue weighted by Gasteiger charge is 2.07. The number of carbonyl (C=O) groups is 1. The number of hydrogen-bond donors (Lipinski definition) is 1. The van der Waals surface area contributed by atoms with Crippen molar-refractivity contribution in [3.05, 3.63) is 92.4 Å². The van der Waals surface area contributed by atoms with Gasteiger partial charge >= 0.3 is 5.97 Å². The third-order valence-electron chi connectivity index (χ3n) is 4.06. The Hall–Kier alpha value is -2.73. The average Bonchev–Trinajstić information content (AvgIpc) is 2.74. The molecule has 1 N–H and O–H groups in total. The first-order valence-corrected chi connectivity index (χ1v) is 9.93. The first-order valence-electron chi connectivity index (χ1n) is 8.80. The number of benzene rings is 3. The molecule has 0 atom stereocenters. The van der Waals surface area contributed by atoms with E-state index in [1.54, 1.807) is 30.5 Å². The van der Waals surface area contributed by atoms with Crippen molar-refractivity contribution in [1.29, 1.82) is 0 Å². The van der Waals surface area contributed by atoms with E-state index in [9.17, 15) is 4.79 Å². The number of methoxy groups -OCH3 is 1. The summed E-state index contributed by atoms with van der Waals surface area (Å²) in [4.78, 5) is 11.5. The van der Waals surface area contributed by atoms with Crippen LogP contribution in [0, 0.1) is 0 Å². The number of rotatable bonds is 7. The van der Waals surface area contributed by atoms with Crippen molar-refractivity contribution >= 4 is 52.7 Å². The topological polar surface area (TPSA) is 59.9 Å². The van der Waals surface area contributed by atoms with Gasteiger partial charge in [0.25, 0.3) is 0 Å². The van der Waals surface area contributed by atoms with Crippen molar-refractivity contribution in [3.63, 3.8) is 0 Å². The maximum Gasteiger partial charge on any atom is 0.337 e. The molecule has 0 bridgehead atoms. The Labute approximate surface area is 189 Å². The predicted molar refractivity (Wildman–Crippen MR) is 121 cm³/mol. The lowest BCUT2D eigenvalue weighted by Crippen LogP contribution is -2.02. The zero-order chi connectivity index (χ0) is 21.5. The van der Waals surface area contributed by atoms with Crippen LogP contribution in [0.4, 0.5) is 5.69 Å². The van der Waals surface area contributed by atoms with E-state index in [1.165, 1.54) is 7.11 Å². The average molecular weight is 464 g/mol. The van der Waals surface area contributed by atoms with Gasteiger partial charge < -0.3 is 9.47 Å². The van der Waals surface area contributed by atoms with E-state index in [0.717, 1.165) is 11.1 Å². The van der Waals surface area contributed by atoms with Crippen molar-refractivity contribution in [3.8, 4) is 5.75 Å². The van der Waals surface area contributed by atoms with Gasteiger partial charge in [-0.25, -0.2) is 4.79 Å². The van der Waals surface area contributed by atoms with Gasteiger partial charge in [-0.15, -0.1) is 0 Å². The number of esters is 1. The van der Waals surface area contributed by atoms with Gasteiger partial charge in [0.2, 0.25) is 0 Å². The molecule has 0 saturated carbocycles. The SMILES string of the molecule is COC(=O)c1ccc(COc2ccc(/C=N/Nc3c(Cl)cc(Cl)cc3Cl)cc2)cc1. The minimum atomic E-state index is -0.366. The normalized spacial score (nSPS) is 10.8. The van der Waals surface area contributed by atoms with E-state index in [0.29, 0.717) is 38.7 Å². The maximum absolute atomic E-state index is 11.5. The van der Waals surface area contributed by atoms with Gasteiger partial charge in [-0.1, -0.05) is 46.9 Å². The number of carbonyl (C=O) groups excluding carboxylic acids is 1. The molecule has 0 heterocycles. The molecule has 0 aliphatic rings. The number of halogens is 3. The first kappa shape index (κ1) is 22.0. The van der Waals surface area contributed by atoms with Gasteiger partial charge in [-0.05, 0) is 59.7 Å². The molecule has 8 heteroatoms. The Morgan fingerprint density at radius 2 is 1.63 bits per heavy atom. The van der Waals surface area contributed by atoms with Crippen LogP contribution in [0.1, 0.15) is 21.5 Å². The van der Waals surface area contributed by atoms with Gasteiger partial charge in [0.15, 0.2) is 0 Å². The summed E-state index contributed by atoms with van der Waals surface area (Å²) in [7, 11) is 1.35. The second kappa shape index (κ2) is 10.3. The molecule has 154 valence electrons. The fourth-order valence-electron chi connectivity index (χ4n) is 2.49. The van der Waals surface area contributed by atoms with Crippen molar-refractivity contribution in [1.82, 2.24) is 0 Å². The zero-order valence-corrected chi connectivity index (χ0v) is 18.1. The minimum absolute atomic E-state index is 0.366. The number of anilines is 1. The lowest BCUT2D eigenvalue weighted by atomic mass is 10.1. The molecule has 0 aliphatic carbocycles. The third-order valence-corrected chi connectivity index (χ3v) is 4.87. The van der Waals surface area contributed by atoms with Crippen LogP contribution in [0.5, 0.6) is 5.75 Å². The van der Waals surface area contributed by atoms with Crippen molar-refractivity contribution in [2.24, 2.45) is 5.10 Å². The zero-order valence-electron chi connectivity index (χ0n) is 15.9. The highest BCUT2D eigenvalue weighted by molar-refractivity contribution is 6.41. The molecular formula is C22H17Cl3N2O3. The maximum atomic E-state index is 11.5. The van der Waals surface area contributed by atoms with Crippen LogP contribution < -0.4 is 10.2 Å². The largest absolute Gasteiger partial charge is 0.489 e. The summed E-state index contributed by atoms with van der Waals surface area (Å²) in [5.74, 6) is 0.343. The summed E-state index contributed by atoms with van der Waals surface area (Å²) in [6, 6.07) is 17.6. The summed E-state index contributed by atoms with van der Waals surface area (Å²) in [5, 5.41) is 5.37. The fraction of sp³-hybridized carbons (Fsp3) is 0.0909. The van der Waals surface area contributed by atoms with Crippen molar-refractivity contribution in [2.45, 2.75) is 6.61 Å². The van der Waals surface area contributed by atoms with E-state index in [2.05, 4.69) is 15.3 Å². The van der Waals surface area contributed by atoms with E-state index >= 15 is 0 Å². The van der Waals surface area contributed by atoms with Gasteiger partial charge in [0.05, 0.1) is 34.6 Å². The Bertz CT molecular complexity index is 1030. The smallest absolute Gasteiger partial charge is 0.337 e. The Morgan fingerprint density at radius 3 is 2.23 bits per heavy atom. The lowest BCUT2D eigenvalue weighted by Gasteiger charge is -2.08. The van der Waals surface area contributed by atoms with Gasteiger partial charge in [-0.2, -0.15) is 5.10 Å². The summed E-state index contributed by atoms with van der Waals surface area (Å²) in [6.07, 6.45) is 1.64. The quantitative estimate of drug-likeness (QED) is 0.248.